The number of benzene rings is 1. The van der Waals surface area contributed by atoms with Gasteiger partial charge in [0.25, 0.3) is 0 Å². The van der Waals surface area contributed by atoms with Gasteiger partial charge < -0.3 is 0 Å². The van der Waals surface area contributed by atoms with Crippen LogP contribution in [-0.4, -0.2) is 11.6 Å². The molecule has 0 aliphatic carbocycles. The van der Waals surface area contributed by atoms with Gasteiger partial charge in [0.15, 0.2) is 0 Å². The van der Waals surface area contributed by atoms with Gasteiger partial charge in [0.05, 0.1) is 0 Å². The maximum atomic E-state index is 11.9. The topological polar surface area (TPSA) is 34.1 Å². The molecule has 0 aromatic heterocycles. The Morgan fingerprint density at radius 3 is 2.00 bits per heavy atom. The van der Waals surface area contributed by atoms with Crippen LogP contribution in [0.4, 0.5) is 0 Å². The summed E-state index contributed by atoms with van der Waals surface area (Å²) in [5.41, 5.74) is 3.50. The molecule has 0 radical (unpaired) electrons. The molecule has 0 saturated carbocycles. The number of carbonyl (C=O) groups excluding carboxylic acids is 2. The van der Waals surface area contributed by atoms with Gasteiger partial charge >= 0.3 is 0 Å². The van der Waals surface area contributed by atoms with Gasteiger partial charge in [0.2, 0.25) is 11.6 Å². The summed E-state index contributed by atoms with van der Waals surface area (Å²) in [7, 11) is 0. The average molecular weight is 218 g/mol. The Bertz CT molecular complexity index is 407. The fraction of sp³-hybridized carbons (Fsp3) is 0.429. The van der Waals surface area contributed by atoms with Crippen molar-refractivity contribution in [2.75, 3.05) is 0 Å². The van der Waals surface area contributed by atoms with Gasteiger partial charge in [-0.05, 0) is 38.3 Å². The third-order valence-corrected chi connectivity index (χ3v) is 2.63. The summed E-state index contributed by atoms with van der Waals surface area (Å²) in [5.74, 6) is -0.616. The van der Waals surface area contributed by atoms with Gasteiger partial charge in [-0.25, -0.2) is 0 Å². The maximum Gasteiger partial charge on any atom is 0.229 e. The van der Waals surface area contributed by atoms with Crippen LogP contribution in [0.15, 0.2) is 12.1 Å². The van der Waals surface area contributed by atoms with E-state index in [1.165, 1.54) is 0 Å². The van der Waals surface area contributed by atoms with E-state index >= 15 is 0 Å². The number of hydrogen-bond acceptors (Lipinski definition) is 2. The van der Waals surface area contributed by atoms with E-state index in [4.69, 9.17) is 0 Å². The smallest absolute Gasteiger partial charge is 0.229 e. The fourth-order valence-electron chi connectivity index (χ4n) is 2.02. The number of hydrogen-bond donors (Lipinski definition) is 0. The molecule has 0 unspecified atom stereocenters. The lowest BCUT2D eigenvalue weighted by molar-refractivity contribution is -0.115. The van der Waals surface area contributed by atoms with Crippen LogP contribution in [0.1, 0.15) is 46.8 Å². The second-order valence-electron chi connectivity index (χ2n) is 4.28. The van der Waals surface area contributed by atoms with Crippen molar-refractivity contribution in [1.82, 2.24) is 0 Å². The molecule has 0 spiro atoms. The van der Waals surface area contributed by atoms with Crippen molar-refractivity contribution in [3.8, 4) is 0 Å². The van der Waals surface area contributed by atoms with E-state index in [-0.39, 0.29) is 11.6 Å². The van der Waals surface area contributed by atoms with E-state index in [1.54, 1.807) is 0 Å². The molecule has 86 valence electrons. The van der Waals surface area contributed by atoms with Gasteiger partial charge in [-0.2, -0.15) is 0 Å². The molecule has 16 heavy (non-hydrogen) atoms. The van der Waals surface area contributed by atoms with Crippen LogP contribution >= 0.6 is 0 Å². The summed E-state index contributed by atoms with van der Waals surface area (Å²) in [6.07, 6.45) is 1.06. The molecule has 0 aliphatic heterocycles. The molecule has 1 rings (SSSR count). The van der Waals surface area contributed by atoms with E-state index < -0.39 is 0 Å². The zero-order chi connectivity index (χ0) is 12.3. The lowest BCUT2D eigenvalue weighted by atomic mass is 9.94. The van der Waals surface area contributed by atoms with Crippen LogP contribution in [0.3, 0.4) is 0 Å². The Balaban J connectivity index is 3.14. The first-order valence-corrected chi connectivity index (χ1v) is 5.62. The standard InChI is InChI=1S/C14H18O2/c1-5-6-12(15)14(16)13-10(3)7-9(2)8-11(13)4/h7-8H,5-6H2,1-4H3. The van der Waals surface area contributed by atoms with Crippen molar-refractivity contribution in [3.63, 3.8) is 0 Å². The highest BCUT2D eigenvalue weighted by Crippen LogP contribution is 2.17. The minimum absolute atomic E-state index is 0.280. The lowest BCUT2D eigenvalue weighted by Crippen LogP contribution is -2.16. The van der Waals surface area contributed by atoms with E-state index in [2.05, 4.69) is 0 Å². The van der Waals surface area contributed by atoms with Crippen LogP contribution in [-0.2, 0) is 4.79 Å². The van der Waals surface area contributed by atoms with Crippen LogP contribution in [0.2, 0.25) is 0 Å². The Kier molecular flexibility index (Phi) is 3.99. The highest BCUT2D eigenvalue weighted by atomic mass is 16.2. The van der Waals surface area contributed by atoms with Gasteiger partial charge in [0.1, 0.15) is 0 Å². The van der Waals surface area contributed by atoms with Crippen molar-refractivity contribution < 1.29 is 9.59 Å². The van der Waals surface area contributed by atoms with E-state index in [0.717, 1.165) is 16.7 Å². The van der Waals surface area contributed by atoms with Crippen LogP contribution in [0.5, 0.6) is 0 Å². The van der Waals surface area contributed by atoms with E-state index in [0.29, 0.717) is 18.4 Å². The SMILES string of the molecule is CCCC(=O)C(=O)c1c(C)cc(C)cc1C. The summed E-state index contributed by atoms with van der Waals surface area (Å²) < 4.78 is 0. The maximum absolute atomic E-state index is 11.9. The summed E-state index contributed by atoms with van der Waals surface area (Å²) in [5, 5.41) is 0. The van der Waals surface area contributed by atoms with Crippen molar-refractivity contribution in [2.45, 2.75) is 40.5 Å². The molecule has 1 aromatic rings. The number of Topliss-reactive ketones (excluding diaryl/α,β-unsaturated/α-hetero) is 2. The monoisotopic (exact) mass is 218 g/mol. The first-order valence-electron chi connectivity index (χ1n) is 5.62. The molecule has 0 saturated heterocycles. The first kappa shape index (κ1) is 12.6. The average Bonchev–Trinajstić information content (AvgIpc) is 2.16. The minimum Gasteiger partial charge on any atom is -0.290 e. The molecule has 2 nitrogen and oxygen atoms in total. The summed E-state index contributed by atoms with van der Waals surface area (Å²) in [4.78, 5) is 23.5. The van der Waals surface area contributed by atoms with Crippen molar-refractivity contribution in [1.29, 1.82) is 0 Å². The van der Waals surface area contributed by atoms with Crippen molar-refractivity contribution in [3.05, 3.63) is 34.4 Å². The molecular weight excluding hydrogens is 200 g/mol. The van der Waals surface area contributed by atoms with Gasteiger partial charge in [-0.1, -0.05) is 24.6 Å². The van der Waals surface area contributed by atoms with Gasteiger partial charge in [0, 0.05) is 12.0 Å². The minimum atomic E-state index is -0.336. The fourth-order valence-corrected chi connectivity index (χ4v) is 2.02. The molecule has 0 fully saturated rings. The second-order valence-corrected chi connectivity index (χ2v) is 4.28. The number of aryl methyl sites for hydroxylation is 3. The number of carbonyl (C=O) groups is 2. The Hall–Kier alpha value is -1.44. The largest absolute Gasteiger partial charge is 0.290 e. The highest BCUT2D eigenvalue weighted by Gasteiger charge is 2.19. The normalized spacial score (nSPS) is 10.2. The molecule has 0 N–H and O–H groups in total. The van der Waals surface area contributed by atoms with Crippen molar-refractivity contribution >= 4 is 11.6 Å². The third kappa shape index (κ3) is 2.57. The summed E-state index contributed by atoms with van der Waals surface area (Å²) in [6.45, 7) is 7.65. The number of ketones is 2. The molecule has 0 bridgehead atoms. The van der Waals surface area contributed by atoms with Gasteiger partial charge in [-0.3, -0.25) is 9.59 Å². The number of rotatable bonds is 4. The zero-order valence-electron chi connectivity index (χ0n) is 10.4. The Labute approximate surface area is 96.7 Å². The molecule has 0 heterocycles. The summed E-state index contributed by atoms with van der Waals surface area (Å²) in [6, 6.07) is 3.89. The van der Waals surface area contributed by atoms with Crippen LogP contribution in [0, 0.1) is 20.8 Å². The molecule has 0 amide bonds. The molecular formula is C14H18O2. The highest BCUT2D eigenvalue weighted by molar-refractivity contribution is 6.44. The molecule has 2 heteroatoms. The lowest BCUT2D eigenvalue weighted by Gasteiger charge is -2.09. The Morgan fingerprint density at radius 1 is 1.06 bits per heavy atom. The Morgan fingerprint density at radius 2 is 1.56 bits per heavy atom. The molecule has 1 aromatic carbocycles. The first-order chi connectivity index (χ1) is 7.47. The quantitative estimate of drug-likeness (QED) is 0.574. The third-order valence-electron chi connectivity index (χ3n) is 2.63. The predicted molar refractivity (Wildman–Crippen MR) is 64.9 cm³/mol. The predicted octanol–water partition coefficient (Wildman–Crippen LogP) is 3.16. The van der Waals surface area contributed by atoms with Gasteiger partial charge in [-0.15, -0.1) is 0 Å². The van der Waals surface area contributed by atoms with Crippen LogP contribution in [0.25, 0.3) is 0 Å². The van der Waals surface area contributed by atoms with Crippen LogP contribution < -0.4 is 0 Å². The van der Waals surface area contributed by atoms with E-state index in [9.17, 15) is 9.59 Å². The second kappa shape index (κ2) is 5.06. The molecule has 0 aliphatic rings. The zero-order valence-corrected chi connectivity index (χ0v) is 10.4. The molecule has 0 atom stereocenters. The van der Waals surface area contributed by atoms with E-state index in [1.807, 2.05) is 39.8 Å². The summed E-state index contributed by atoms with van der Waals surface area (Å²) >= 11 is 0. The van der Waals surface area contributed by atoms with Crippen molar-refractivity contribution in [2.24, 2.45) is 0 Å².